The van der Waals surface area contributed by atoms with Crippen LogP contribution in [0.2, 0.25) is 0 Å². The van der Waals surface area contributed by atoms with Crippen molar-refractivity contribution in [2.24, 2.45) is 11.8 Å². The Morgan fingerprint density at radius 3 is 2.46 bits per heavy atom. The van der Waals surface area contributed by atoms with Crippen LogP contribution in [-0.4, -0.2) is 31.8 Å². The van der Waals surface area contributed by atoms with Gasteiger partial charge in [0.2, 0.25) is 10.0 Å². The molecule has 2 heterocycles. The van der Waals surface area contributed by atoms with Gasteiger partial charge in [-0.1, -0.05) is 13.8 Å². The van der Waals surface area contributed by atoms with Crippen molar-refractivity contribution in [1.29, 1.82) is 0 Å². The first-order valence-electron chi connectivity index (χ1n) is 7.94. The molecule has 0 radical (unpaired) electrons. The molecule has 130 valence electrons. The second-order valence-corrected chi connectivity index (χ2v) is 8.71. The van der Waals surface area contributed by atoms with Gasteiger partial charge >= 0.3 is 0 Å². The minimum Gasteiger partial charge on any atom is -0.542 e. The van der Waals surface area contributed by atoms with Gasteiger partial charge in [-0.05, 0) is 43.4 Å². The monoisotopic (exact) mass is 350 g/mol. The predicted octanol–water partition coefficient (Wildman–Crippen LogP) is 1.77. The molecule has 1 aliphatic heterocycles. The van der Waals surface area contributed by atoms with Crippen molar-refractivity contribution >= 4 is 27.0 Å². The van der Waals surface area contributed by atoms with Gasteiger partial charge in [0, 0.05) is 24.0 Å². The van der Waals surface area contributed by atoms with E-state index in [0.717, 1.165) is 6.42 Å². The van der Waals surface area contributed by atoms with E-state index >= 15 is 0 Å². The van der Waals surface area contributed by atoms with Crippen molar-refractivity contribution in [3.8, 4) is 0 Å². The number of carbonyl (C=O) groups is 1. The molecular weight excluding hydrogens is 330 g/mol. The molecule has 1 aromatic carbocycles. The normalized spacial score (nSPS) is 22.8. The Hall–Kier alpha value is -1.86. The Morgan fingerprint density at radius 1 is 1.25 bits per heavy atom. The van der Waals surface area contributed by atoms with Gasteiger partial charge in [0.15, 0.2) is 5.76 Å². The average molecular weight is 350 g/mol. The number of aryl methyl sites for hydroxylation is 1. The molecule has 0 bridgehead atoms. The van der Waals surface area contributed by atoms with E-state index < -0.39 is 16.0 Å². The molecule has 0 saturated carbocycles. The molecule has 1 fully saturated rings. The largest absolute Gasteiger partial charge is 0.542 e. The second-order valence-electron chi connectivity index (χ2n) is 6.77. The van der Waals surface area contributed by atoms with Crippen LogP contribution >= 0.6 is 0 Å². The van der Waals surface area contributed by atoms with Crippen molar-refractivity contribution in [2.75, 3.05) is 13.1 Å². The van der Waals surface area contributed by atoms with Crippen LogP contribution in [0.3, 0.4) is 0 Å². The molecule has 6 nitrogen and oxygen atoms in total. The summed E-state index contributed by atoms with van der Waals surface area (Å²) in [5.41, 5.74) is 0.716. The fraction of sp³-hybridized carbons (Fsp3) is 0.471. The van der Waals surface area contributed by atoms with E-state index in [1.807, 2.05) is 13.8 Å². The zero-order valence-corrected chi connectivity index (χ0v) is 14.7. The lowest BCUT2D eigenvalue weighted by Crippen LogP contribution is -2.42. The summed E-state index contributed by atoms with van der Waals surface area (Å²) < 4.78 is 32.6. The summed E-state index contributed by atoms with van der Waals surface area (Å²) in [5.74, 6) is -1.05. The van der Waals surface area contributed by atoms with Gasteiger partial charge in [0.05, 0.1) is 4.90 Å². The molecule has 1 saturated heterocycles. The number of hydrogen-bond acceptors (Lipinski definition) is 5. The van der Waals surface area contributed by atoms with Crippen LogP contribution in [0.1, 0.15) is 36.4 Å². The summed E-state index contributed by atoms with van der Waals surface area (Å²) in [4.78, 5) is 11.2. The van der Waals surface area contributed by atoms with Crippen molar-refractivity contribution in [3.05, 3.63) is 29.5 Å². The van der Waals surface area contributed by atoms with Crippen LogP contribution in [0.15, 0.2) is 27.5 Å². The second kappa shape index (κ2) is 5.89. The molecule has 0 spiro atoms. The van der Waals surface area contributed by atoms with E-state index in [-0.39, 0.29) is 10.7 Å². The smallest absolute Gasteiger partial charge is 0.243 e. The van der Waals surface area contributed by atoms with Crippen LogP contribution in [0.5, 0.6) is 0 Å². The lowest BCUT2D eigenvalue weighted by Gasteiger charge is -2.34. The number of aromatic carboxylic acids is 1. The standard InChI is InChI=1S/C17H21NO5S/c1-10-6-11(2)9-18(8-10)24(21,22)13-4-5-15-14(7-13)12(3)16(23-15)17(19)20/h4-5,7,10-11H,6,8-9H2,1-3H3,(H,19,20)/p-1. The third-order valence-electron chi connectivity index (χ3n) is 4.57. The molecular formula is C17H20NO5S-. The Morgan fingerprint density at radius 2 is 1.88 bits per heavy atom. The molecule has 0 aliphatic carbocycles. The highest BCUT2D eigenvalue weighted by molar-refractivity contribution is 7.89. The molecule has 1 aromatic heterocycles. The van der Waals surface area contributed by atoms with E-state index in [1.54, 1.807) is 6.92 Å². The maximum Gasteiger partial charge on any atom is 0.243 e. The fourth-order valence-corrected chi connectivity index (χ4v) is 5.21. The molecule has 2 aromatic rings. The van der Waals surface area contributed by atoms with Gasteiger partial charge in [0.25, 0.3) is 0 Å². The molecule has 0 N–H and O–H groups in total. The summed E-state index contributed by atoms with van der Waals surface area (Å²) in [6.07, 6.45) is 1.01. The van der Waals surface area contributed by atoms with Crippen LogP contribution < -0.4 is 5.11 Å². The van der Waals surface area contributed by atoms with Crippen molar-refractivity contribution in [3.63, 3.8) is 0 Å². The maximum absolute atomic E-state index is 12.9. The highest BCUT2D eigenvalue weighted by Crippen LogP contribution is 2.31. The van der Waals surface area contributed by atoms with E-state index in [2.05, 4.69) is 0 Å². The average Bonchev–Trinajstić information content (AvgIpc) is 2.83. The molecule has 2 atom stereocenters. The Balaban J connectivity index is 2.05. The number of carboxylic acid groups (broad SMARTS) is 1. The molecule has 0 amide bonds. The number of hydrogen-bond donors (Lipinski definition) is 0. The van der Waals surface area contributed by atoms with Gasteiger partial charge in [0.1, 0.15) is 11.6 Å². The molecule has 2 unspecified atom stereocenters. The Kier molecular flexibility index (Phi) is 4.17. The molecule has 3 rings (SSSR count). The summed E-state index contributed by atoms with van der Waals surface area (Å²) in [6, 6.07) is 4.45. The Labute approximate surface area is 141 Å². The van der Waals surface area contributed by atoms with Crippen molar-refractivity contribution in [2.45, 2.75) is 32.1 Å². The van der Waals surface area contributed by atoms with Crippen molar-refractivity contribution < 1.29 is 22.7 Å². The SMILES string of the molecule is Cc1c(C(=O)[O-])oc2ccc(S(=O)(=O)N3CC(C)CC(C)C3)cc12. The maximum atomic E-state index is 12.9. The first kappa shape index (κ1) is 17.0. The predicted molar refractivity (Wildman–Crippen MR) is 87.0 cm³/mol. The van der Waals surface area contributed by atoms with Crippen LogP contribution in [0.25, 0.3) is 11.0 Å². The first-order valence-corrected chi connectivity index (χ1v) is 9.38. The molecule has 24 heavy (non-hydrogen) atoms. The number of benzene rings is 1. The minimum absolute atomic E-state index is 0.157. The fourth-order valence-electron chi connectivity index (χ4n) is 3.51. The number of fused-ring (bicyclic) bond motifs is 1. The number of piperidine rings is 1. The number of carbonyl (C=O) groups excluding carboxylic acids is 1. The van der Waals surface area contributed by atoms with Gasteiger partial charge in [-0.25, -0.2) is 8.42 Å². The quantitative estimate of drug-likeness (QED) is 0.841. The van der Waals surface area contributed by atoms with Crippen LogP contribution in [-0.2, 0) is 10.0 Å². The Bertz CT molecular complexity index is 889. The zero-order chi connectivity index (χ0) is 17.6. The molecule has 7 heteroatoms. The van der Waals surface area contributed by atoms with E-state index in [4.69, 9.17) is 4.42 Å². The molecule has 1 aliphatic rings. The van der Waals surface area contributed by atoms with E-state index in [1.165, 1.54) is 22.5 Å². The lowest BCUT2D eigenvalue weighted by atomic mass is 9.94. The van der Waals surface area contributed by atoms with Gasteiger partial charge < -0.3 is 14.3 Å². The van der Waals surface area contributed by atoms with Gasteiger partial charge in [-0.15, -0.1) is 0 Å². The number of carboxylic acids is 1. The lowest BCUT2D eigenvalue weighted by molar-refractivity contribution is -0.257. The van der Waals surface area contributed by atoms with Gasteiger partial charge in [-0.3, -0.25) is 0 Å². The third-order valence-corrected chi connectivity index (χ3v) is 6.39. The highest BCUT2D eigenvalue weighted by Gasteiger charge is 2.32. The van der Waals surface area contributed by atoms with Crippen LogP contribution in [0, 0.1) is 18.8 Å². The van der Waals surface area contributed by atoms with Crippen molar-refractivity contribution in [1.82, 2.24) is 4.31 Å². The number of sulfonamides is 1. The first-order chi connectivity index (χ1) is 11.2. The number of rotatable bonds is 3. The zero-order valence-electron chi connectivity index (χ0n) is 13.9. The van der Waals surface area contributed by atoms with E-state index in [0.29, 0.717) is 41.5 Å². The third kappa shape index (κ3) is 2.82. The van der Waals surface area contributed by atoms with E-state index in [9.17, 15) is 18.3 Å². The minimum atomic E-state index is -3.62. The summed E-state index contributed by atoms with van der Waals surface area (Å²) in [6.45, 7) is 6.68. The summed E-state index contributed by atoms with van der Waals surface area (Å²) >= 11 is 0. The summed E-state index contributed by atoms with van der Waals surface area (Å²) in [5, 5.41) is 11.5. The van der Waals surface area contributed by atoms with Gasteiger partial charge in [-0.2, -0.15) is 4.31 Å². The topological polar surface area (TPSA) is 90.6 Å². The number of nitrogens with zero attached hydrogens (tertiary/aromatic N) is 1. The highest BCUT2D eigenvalue weighted by atomic mass is 32.2. The van der Waals surface area contributed by atoms with Crippen LogP contribution in [0.4, 0.5) is 0 Å². The number of furan rings is 1. The summed E-state index contributed by atoms with van der Waals surface area (Å²) in [7, 11) is -3.62.